The number of hydrogen-bond acceptors (Lipinski definition) is 4. The smallest absolute Gasteiger partial charge is 0.340 e. The summed E-state index contributed by atoms with van der Waals surface area (Å²) in [5.41, 5.74) is 0.260. The van der Waals surface area contributed by atoms with E-state index in [1.165, 1.54) is 24.1 Å². The first-order chi connectivity index (χ1) is 8.63. The summed E-state index contributed by atoms with van der Waals surface area (Å²) < 4.78 is 23.1. The Bertz CT molecular complexity index is 489. The molecule has 6 heteroatoms. The number of rotatable bonds is 2. The van der Waals surface area contributed by atoms with Crippen molar-refractivity contribution in [3.63, 3.8) is 0 Å². The molecule has 5 nitrogen and oxygen atoms in total. The van der Waals surface area contributed by atoms with Gasteiger partial charge in [-0.1, -0.05) is 0 Å². The zero-order valence-corrected chi connectivity index (χ0v) is 9.81. The number of benzene rings is 1. The number of methoxy groups -OCH3 is 1. The van der Waals surface area contributed by atoms with Gasteiger partial charge in [-0.15, -0.1) is 0 Å². The van der Waals surface area contributed by atoms with Gasteiger partial charge in [-0.25, -0.2) is 9.18 Å². The Morgan fingerprint density at radius 3 is 2.89 bits per heavy atom. The van der Waals surface area contributed by atoms with Crippen molar-refractivity contribution in [3.05, 3.63) is 29.6 Å². The molecule has 2 rings (SSSR count). The van der Waals surface area contributed by atoms with E-state index in [0.717, 1.165) is 6.07 Å². The van der Waals surface area contributed by atoms with Gasteiger partial charge in [0, 0.05) is 12.2 Å². The molecule has 0 atom stereocenters. The SMILES string of the molecule is COC(=O)c1ccc(N2CCOCC2=O)cc1F. The van der Waals surface area contributed by atoms with Crippen molar-refractivity contribution < 1.29 is 23.5 Å². The quantitative estimate of drug-likeness (QED) is 0.737. The average Bonchev–Trinajstić information content (AvgIpc) is 2.38. The third kappa shape index (κ3) is 2.33. The van der Waals surface area contributed by atoms with Crippen LogP contribution in [0.3, 0.4) is 0 Å². The van der Waals surface area contributed by atoms with Crippen molar-refractivity contribution in [2.24, 2.45) is 0 Å². The van der Waals surface area contributed by atoms with Gasteiger partial charge in [-0.2, -0.15) is 0 Å². The molecule has 0 radical (unpaired) electrons. The highest BCUT2D eigenvalue weighted by atomic mass is 19.1. The molecule has 1 heterocycles. The van der Waals surface area contributed by atoms with Gasteiger partial charge in [0.1, 0.15) is 12.4 Å². The maximum absolute atomic E-state index is 13.7. The summed E-state index contributed by atoms with van der Waals surface area (Å²) in [6.45, 7) is 0.766. The topological polar surface area (TPSA) is 55.8 Å². The van der Waals surface area contributed by atoms with E-state index in [4.69, 9.17) is 4.74 Å². The van der Waals surface area contributed by atoms with Crippen LogP contribution in [0.4, 0.5) is 10.1 Å². The molecule has 0 aromatic heterocycles. The van der Waals surface area contributed by atoms with Gasteiger partial charge in [-0.3, -0.25) is 4.79 Å². The molecule has 0 unspecified atom stereocenters. The summed E-state index contributed by atoms with van der Waals surface area (Å²) in [5, 5.41) is 0. The van der Waals surface area contributed by atoms with E-state index in [1.54, 1.807) is 0 Å². The van der Waals surface area contributed by atoms with Gasteiger partial charge in [0.05, 0.1) is 19.3 Å². The van der Waals surface area contributed by atoms with Gasteiger partial charge < -0.3 is 14.4 Å². The van der Waals surface area contributed by atoms with E-state index >= 15 is 0 Å². The van der Waals surface area contributed by atoms with Crippen molar-refractivity contribution in [1.82, 2.24) is 0 Å². The second kappa shape index (κ2) is 5.14. The lowest BCUT2D eigenvalue weighted by Crippen LogP contribution is -2.41. The third-order valence-electron chi connectivity index (χ3n) is 2.66. The van der Waals surface area contributed by atoms with E-state index in [0.29, 0.717) is 18.8 Å². The predicted molar refractivity (Wildman–Crippen MR) is 60.9 cm³/mol. The van der Waals surface area contributed by atoms with Crippen LogP contribution in [-0.4, -0.2) is 38.7 Å². The number of carbonyl (C=O) groups excluding carboxylic acids is 2. The van der Waals surface area contributed by atoms with Crippen LogP contribution in [0.25, 0.3) is 0 Å². The first-order valence-corrected chi connectivity index (χ1v) is 5.39. The largest absolute Gasteiger partial charge is 0.465 e. The minimum absolute atomic E-state index is 0.0135. The highest BCUT2D eigenvalue weighted by molar-refractivity contribution is 5.96. The van der Waals surface area contributed by atoms with Gasteiger partial charge >= 0.3 is 5.97 Å². The summed E-state index contributed by atoms with van der Waals surface area (Å²) in [6, 6.07) is 3.97. The monoisotopic (exact) mass is 253 g/mol. The predicted octanol–water partition coefficient (Wildman–Crippen LogP) is 0.976. The van der Waals surface area contributed by atoms with Crippen LogP contribution in [0.1, 0.15) is 10.4 Å². The fourth-order valence-electron chi connectivity index (χ4n) is 1.74. The van der Waals surface area contributed by atoms with Crippen molar-refractivity contribution in [2.75, 3.05) is 31.8 Å². The number of nitrogens with zero attached hydrogens (tertiary/aromatic N) is 1. The Kier molecular flexibility index (Phi) is 3.57. The molecule has 0 saturated carbocycles. The molecule has 1 amide bonds. The van der Waals surface area contributed by atoms with Crippen molar-refractivity contribution in [1.29, 1.82) is 0 Å². The average molecular weight is 253 g/mol. The first-order valence-electron chi connectivity index (χ1n) is 5.39. The number of anilines is 1. The van der Waals surface area contributed by atoms with Crippen LogP contribution < -0.4 is 4.90 Å². The normalized spacial score (nSPS) is 15.7. The Hall–Kier alpha value is -1.95. The van der Waals surface area contributed by atoms with E-state index in [1.807, 2.05) is 0 Å². The maximum atomic E-state index is 13.7. The van der Waals surface area contributed by atoms with Crippen LogP contribution in [0.5, 0.6) is 0 Å². The molecule has 0 bridgehead atoms. The zero-order chi connectivity index (χ0) is 13.1. The van der Waals surface area contributed by atoms with Crippen LogP contribution in [0.2, 0.25) is 0 Å². The molecule has 0 spiro atoms. The number of carbonyl (C=O) groups is 2. The maximum Gasteiger partial charge on any atom is 0.340 e. The number of ether oxygens (including phenoxy) is 2. The molecule has 0 aliphatic carbocycles. The van der Waals surface area contributed by atoms with Crippen LogP contribution in [0.15, 0.2) is 18.2 Å². The summed E-state index contributed by atoms with van der Waals surface area (Å²) >= 11 is 0. The highest BCUT2D eigenvalue weighted by Gasteiger charge is 2.22. The second-order valence-corrected chi connectivity index (χ2v) is 3.75. The second-order valence-electron chi connectivity index (χ2n) is 3.75. The number of esters is 1. The number of amides is 1. The zero-order valence-electron chi connectivity index (χ0n) is 9.81. The Morgan fingerprint density at radius 2 is 2.28 bits per heavy atom. The summed E-state index contributed by atoms with van der Waals surface area (Å²) in [5.74, 6) is -1.68. The number of halogens is 1. The van der Waals surface area contributed by atoms with Gasteiger partial charge in [0.25, 0.3) is 5.91 Å². The molecule has 1 aromatic rings. The molecule has 0 N–H and O–H groups in total. The summed E-state index contributed by atoms with van der Waals surface area (Å²) in [6.07, 6.45) is 0. The standard InChI is InChI=1S/C12H12FNO4/c1-17-12(16)9-3-2-8(6-10(9)13)14-4-5-18-7-11(14)15/h2-3,6H,4-5,7H2,1H3. The van der Waals surface area contributed by atoms with Crippen LogP contribution in [0, 0.1) is 5.82 Å². The fourth-order valence-corrected chi connectivity index (χ4v) is 1.74. The first kappa shape index (κ1) is 12.5. The van der Waals surface area contributed by atoms with Gasteiger partial charge in [-0.05, 0) is 18.2 Å². The van der Waals surface area contributed by atoms with Crippen LogP contribution >= 0.6 is 0 Å². The Balaban J connectivity index is 2.28. The van der Waals surface area contributed by atoms with Gasteiger partial charge in [0.15, 0.2) is 0 Å². The molecule has 1 aliphatic heterocycles. The molecule has 1 aromatic carbocycles. The Morgan fingerprint density at radius 1 is 1.50 bits per heavy atom. The van der Waals surface area contributed by atoms with Gasteiger partial charge in [0.2, 0.25) is 0 Å². The lowest BCUT2D eigenvalue weighted by molar-refractivity contribution is -0.125. The molecule has 1 fully saturated rings. The molecule has 18 heavy (non-hydrogen) atoms. The van der Waals surface area contributed by atoms with Crippen LogP contribution in [-0.2, 0) is 14.3 Å². The molecule has 1 aliphatic rings. The van der Waals surface area contributed by atoms with Crippen molar-refractivity contribution >= 4 is 17.6 Å². The van der Waals surface area contributed by atoms with Crippen molar-refractivity contribution in [3.8, 4) is 0 Å². The molecule has 1 saturated heterocycles. The van der Waals surface area contributed by atoms with Crippen molar-refractivity contribution in [2.45, 2.75) is 0 Å². The summed E-state index contributed by atoms with van der Waals surface area (Å²) in [7, 11) is 1.18. The minimum Gasteiger partial charge on any atom is -0.465 e. The molecular formula is C12H12FNO4. The van der Waals surface area contributed by atoms with E-state index in [2.05, 4.69) is 4.74 Å². The highest BCUT2D eigenvalue weighted by Crippen LogP contribution is 2.20. The van der Waals surface area contributed by atoms with E-state index in [-0.39, 0.29) is 18.1 Å². The fraction of sp³-hybridized carbons (Fsp3) is 0.333. The summed E-state index contributed by atoms with van der Waals surface area (Å²) in [4.78, 5) is 24.2. The minimum atomic E-state index is -0.743. The van der Waals surface area contributed by atoms with E-state index < -0.39 is 11.8 Å². The number of hydrogen-bond donors (Lipinski definition) is 0. The molecular weight excluding hydrogens is 241 g/mol. The lowest BCUT2D eigenvalue weighted by atomic mass is 10.1. The van der Waals surface area contributed by atoms with E-state index in [9.17, 15) is 14.0 Å². The lowest BCUT2D eigenvalue weighted by Gasteiger charge is -2.26. The third-order valence-corrected chi connectivity index (χ3v) is 2.66. The molecule has 96 valence electrons. The Labute approximate surface area is 103 Å². The number of morpholine rings is 1.